The molecule has 7 heteroatoms. The predicted molar refractivity (Wildman–Crippen MR) is 105 cm³/mol. The molecule has 0 bridgehead atoms. The minimum Gasteiger partial charge on any atom is -0.507 e. The number of hydrogen-bond donors (Lipinski definition) is 3. The largest absolute Gasteiger partial charge is 0.507 e. The molecular weight excluding hydrogens is 350 g/mol. The second-order valence-corrected chi connectivity index (χ2v) is 6.73. The SMILES string of the molecule is Cc1ccc2nc(-c3ccc(NC(=S)NC(=O)C(C)C)cc3O)oc2c1. The van der Waals surface area contributed by atoms with E-state index in [1.165, 1.54) is 6.07 Å². The Morgan fingerprint density at radius 3 is 2.69 bits per heavy atom. The predicted octanol–water partition coefficient (Wildman–Crippen LogP) is 3.98. The van der Waals surface area contributed by atoms with Crippen LogP contribution in [0.15, 0.2) is 40.8 Å². The van der Waals surface area contributed by atoms with Crippen molar-refractivity contribution in [3.8, 4) is 17.2 Å². The second-order valence-electron chi connectivity index (χ2n) is 6.32. The van der Waals surface area contributed by atoms with E-state index in [1.54, 1.807) is 26.0 Å². The lowest BCUT2D eigenvalue weighted by Crippen LogP contribution is -2.36. The maximum atomic E-state index is 11.7. The standard InChI is InChI=1S/C19H19N3O3S/c1-10(2)17(24)22-19(26)20-12-5-6-13(15(23)9-12)18-21-14-7-4-11(3)8-16(14)25-18/h4-10,23H,1-3H3,(H2,20,22,24,26). The van der Waals surface area contributed by atoms with Gasteiger partial charge in [-0.2, -0.15) is 0 Å². The fourth-order valence-corrected chi connectivity index (χ4v) is 2.57. The van der Waals surface area contributed by atoms with Crippen molar-refractivity contribution in [2.45, 2.75) is 20.8 Å². The summed E-state index contributed by atoms with van der Waals surface area (Å²) in [4.78, 5) is 16.1. The molecule has 2 aromatic carbocycles. The average molecular weight is 369 g/mol. The number of aromatic hydroxyl groups is 1. The third-order valence-corrected chi connectivity index (χ3v) is 4.00. The molecule has 3 rings (SSSR count). The summed E-state index contributed by atoms with van der Waals surface area (Å²) in [5.41, 5.74) is 3.48. The summed E-state index contributed by atoms with van der Waals surface area (Å²) in [6.45, 7) is 5.53. The number of nitrogens with one attached hydrogen (secondary N) is 2. The second kappa shape index (κ2) is 7.13. The number of oxazole rings is 1. The zero-order valence-electron chi connectivity index (χ0n) is 14.7. The smallest absolute Gasteiger partial charge is 0.231 e. The first-order valence-electron chi connectivity index (χ1n) is 8.16. The molecule has 0 saturated carbocycles. The van der Waals surface area contributed by atoms with E-state index in [-0.39, 0.29) is 22.7 Å². The van der Waals surface area contributed by atoms with Gasteiger partial charge in [0.15, 0.2) is 10.7 Å². The van der Waals surface area contributed by atoms with E-state index in [2.05, 4.69) is 15.6 Å². The van der Waals surface area contributed by atoms with E-state index in [4.69, 9.17) is 16.6 Å². The molecule has 26 heavy (non-hydrogen) atoms. The normalized spacial score (nSPS) is 10.9. The van der Waals surface area contributed by atoms with E-state index in [1.807, 2.05) is 25.1 Å². The summed E-state index contributed by atoms with van der Waals surface area (Å²) in [5, 5.41) is 16.0. The summed E-state index contributed by atoms with van der Waals surface area (Å²) >= 11 is 5.10. The number of aryl methyl sites for hydroxylation is 1. The van der Waals surface area contributed by atoms with Gasteiger partial charge < -0.3 is 20.2 Å². The van der Waals surface area contributed by atoms with Gasteiger partial charge in [0, 0.05) is 17.7 Å². The fourth-order valence-electron chi connectivity index (χ4n) is 2.36. The van der Waals surface area contributed by atoms with Gasteiger partial charge in [-0.1, -0.05) is 19.9 Å². The van der Waals surface area contributed by atoms with Crippen LogP contribution in [0.3, 0.4) is 0 Å². The molecule has 6 nitrogen and oxygen atoms in total. The van der Waals surface area contributed by atoms with Gasteiger partial charge in [-0.15, -0.1) is 0 Å². The van der Waals surface area contributed by atoms with Crippen molar-refractivity contribution in [3.63, 3.8) is 0 Å². The van der Waals surface area contributed by atoms with Crippen molar-refractivity contribution in [1.29, 1.82) is 0 Å². The van der Waals surface area contributed by atoms with Gasteiger partial charge >= 0.3 is 0 Å². The Labute approximate surface area is 156 Å². The number of carbonyl (C=O) groups is 1. The molecule has 134 valence electrons. The van der Waals surface area contributed by atoms with Gasteiger partial charge in [0.05, 0.1) is 5.56 Å². The fraction of sp³-hybridized carbons (Fsp3) is 0.211. The van der Waals surface area contributed by atoms with E-state index in [0.717, 1.165) is 11.1 Å². The number of amides is 1. The summed E-state index contributed by atoms with van der Waals surface area (Å²) < 4.78 is 5.74. The van der Waals surface area contributed by atoms with Gasteiger partial charge in [-0.25, -0.2) is 4.98 Å². The number of benzene rings is 2. The first-order valence-corrected chi connectivity index (χ1v) is 8.57. The molecule has 0 aliphatic carbocycles. The first kappa shape index (κ1) is 17.9. The highest BCUT2D eigenvalue weighted by Gasteiger charge is 2.14. The first-order chi connectivity index (χ1) is 12.3. The molecule has 0 aliphatic rings. The third-order valence-electron chi connectivity index (χ3n) is 3.79. The van der Waals surface area contributed by atoms with Crippen LogP contribution in [0.1, 0.15) is 19.4 Å². The Bertz CT molecular complexity index is 995. The minimum absolute atomic E-state index is 0.00346. The highest BCUT2D eigenvalue weighted by molar-refractivity contribution is 7.80. The van der Waals surface area contributed by atoms with Gasteiger partial charge in [0.1, 0.15) is 11.3 Å². The van der Waals surface area contributed by atoms with Crippen molar-refractivity contribution in [1.82, 2.24) is 10.3 Å². The number of rotatable bonds is 3. The molecule has 0 spiro atoms. The van der Waals surface area contributed by atoms with Crippen LogP contribution in [-0.4, -0.2) is 21.1 Å². The Kier molecular flexibility index (Phi) is 4.90. The van der Waals surface area contributed by atoms with Crippen LogP contribution in [0.5, 0.6) is 5.75 Å². The average Bonchev–Trinajstić information content (AvgIpc) is 2.97. The third kappa shape index (κ3) is 3.83. The van der Waals surface area contributed by atoms with Gasteiger partial charge in [0.2, 0.25) is 11.8 Å². The molecular formula is C19H19N3O3S. The molecule has 0 unspecified atom stereocenters. The number of aromatic nitrogens is 1. The number of thiocarbonyl (C=S) groups is 1. The molecule has 0 saturated heterocycles. The Hall–Kier alpha value is -2.93. The molecule has 3 N–H and O–H groups in total. The maximum Gasteiger partial charge on any atom is 0.231 e. The monoisotopic (exact) mass is 369 g/mol. The van der Waals surface area contributed by atoms with E-state index in [9.17, 15) is 9.90 Å². The van der Waals surface area contributed by atoms with E-state index >= 15 is 0 Å². The Morgan fingerprint density at radius 1 is 1.23 bits per heavy atom. The van der Waals surface area contributed by atoms with Crippen LogP contribution in [0, 0.1) is 12.8 Å². The molecule has 1 heterocycles. The zero-order chi connectivity index (χ0) is 18.8. The van der Waals surface area contributed by atoms with Gasteiger partial charge in [0.25, 0.3) is 0 Å². The van der Waals surface area contributed by atoms with Crippen molar-refractivity contribution in [2.75, 3.05) is 5.32 Å². The number of hydrogen-bond acceptors (Lipinski definition) is 5. The lowest BCUT2D eigenvalue weighted by atomic mass is 10.2. The molecule has 0 radical (unpaired) electrons. The Balaban J connectivity index is 1.80. The van der Waals surface area contributed by atoms with Crippen molar-refractivity contribution in [2.24, 2.45) is 5.92 Å². The quantitative estimate of drug-likeness (QED) is 0.606. The molecule has 0 atom stereocenters. The lowest BCUT2D eigenvalue weighted by molar-refractivity contribution is -0.122. The summed E-state index contributed by atoms with van der Waals surface area (Å²) in [6, 6.07) is 10.6. The molecule has 1 aromatic heterocycles. The van der Waals surface area contributed by atoms with Crippen LogP contribution in [0.2, 0.25) is 0 Å². The highest BCUT2D eigenvalue weighted by atomic mass is 32.1. The summed E-state index contributed by atoms with van der Waals surface area (Å²) in [7, 11) is 0. The van der Waals surface area contributed by atoms with Crippen LogP contribution >= 0.6 is 12.2 Å². The topological polar surface area (TPSA) is 87.4 Å². The summed E-state index contributed by atoms with van der Waals surface area (Å²) in [5.74, 6) is -0.0139. The zero-order valence-corrected chi connectivity index (χ0v) is 15.5. The number of phenols is 1. The number of nitrogens with zero attached hydrogens (tertiary/aromatic N) is 1. The number of carbonyl (C=O) groups excluding carboxylic acids is 1. The number of fused-ring (bicyclic) bond motifs is 1. The molecule has 1 amide bonds. The van der Waals surface area contributed by atoms with Crippen LogP contribution in [0.25, 0.3) is 22.6 Å². The van der Waals surface area contributed by atoms with E-state index in [0.29, 0.717) is 22.7 Å². The van der Waals surface area contributed by atoms with E-state index < -0.39 is 0 Å². The van der Waals surface area contributed by atoms with Crippen molar-refractivity contribution in [3.05, 3.63) is 42.0 Å². The summed E-state index contributed by atoms with van der Waals surface area (Å²) in [6.07, 6.45) is 0. The lowest BCUT2D eigenvalue weighted by Gasteiger charge is -2.12. The number of phenolic OH excluding ortho intramolecular Hbond substituents is 1. The highest BCUT2D eigenvalue weighted by Crippen LogP contribution is 2.33. The van der Waals surface area contributed by atoms with Gasteiger partial charge in [-0.3, -0.25) is 4.79 Å². The van der Waals surface area contributed by atoms with Crippen LogP contribution < -0.4 is 10.6 Å². The molecule has 0 aliphatic heterocycles. The maximum absolute atomic E-state index is 11.7. The van der Waals surface area contributed by atoms with Crippen molar-refractivity contribution >= 4 is 40.0 Å². The molecule has 3 aromatic rings. The Morgan fingerprint density at radius 2 is 2.00 bits per heavy atom. The van der Waals surface area contributed by atoms with Crippen LogP contribution in [-0.2, 0) is 4.79 Å². The van der Waals surface area contributed by atoms with Crippen LogP contribution in [0.4, 0.5) is 5.69 Å². The molecule has 0 fully saturated rings. The minimum atomic E-state index is -0.176. The van der Waals surface area contributed by atoms with Crippen molar-refractivity contribution < 1.29 is 14.3 Å². The number of anilines is 1. The van der Waals surface area contributed by atoms with Gasteiger partial charge in [-0.05, 0) is 49.0 Å².